The van der Waals surface area contributed by atoms with E-state index in [2.05, 4.69) is 0 Å². The van der Waals surface area contributed by atoms with Crippen molar-refractivity contribution in [2.24, 2.45) is 0 Å². The smallest absolute Gasteiger partial charge is 0.129 e. The SMILES string of the molecule is CC=CCc1ccc(CO)o1. The van der Waals surface area contributed by atoms with Gasteiger partial charge in [0, 0.05) is 6.42 Å². The average molecular weight is 152 g/mol. The molecule has 0 fully saturated rings. The van der Waals surface area contributed by atoms with Gasteiger partial charge in [-0.1, -0.05) is 12.2 Å². The third kappa shape index (κ3) is 2.24. The molecule has 0 aliphatic heterocycles. The van der Waals surface area contributed by atoms with E-state index < -0.39 is 0 Å². The highest BCUT2D eigenvalue weighted by atomic mass is 16.4. The normalized spacial score (nSPS) is 11.1. The van der Waals surface area contributed by atoms with Crippen LogP contribution in [0.3, 0.4) is 0 Å². The Morgan fingerprint density at radius 2 is 2.18 bits per heavy atom. The highest BCUT2D eigenvalue weighted by Crippen LogP contribution is 2.08. The Bertz CT molecular complexity index is 235. The van der Waals surface area contributed by atoms with Gasteiger partial charge in [-0.05, 0) is 19.1 Å². The summed E-state index contributed by atoms with van der Waals surface area (Å²) in [5, 5.41) is 8.66. The molecule has 2 heteroatoms. The molecule has 1 heterocycles. The van der Waals surface area contributed by atoms with E-state index in [1.807, 2.05) is 25.1 Å². The first-order valence-electron chi connectivity index (χ1n) is 3.66. The van der Waals surface area contributed by atoms with Gasteiger partial charge in [0.1, 0.15) is 18.1 Å². The molecule has 0 unspecified atom stereocenters. The number of furan rings is 1. The summed E-state index contributed by atoms with van der Waals surface area (Å²) in [6.45, 7) is 1.95. The van der Waals surface area contributed by atoms with E-state index in [4.69, 9.17) is 9.52 Å². The number of rotatable bonds is 3. The van der Waals surface area contributed by atoms with Gasteiger partial charge in [0.15, 0.2) is 0 Å². The standard InChI is InChI=1S/C9H12O2/c1-2-3-4-8-5-6-9(7-10)11-8/h2-3,5-6,10H,4,7H2,1H3. The van der Waals surface area contributed by atoms with Gasteiger partial charge in [-0.15, -0.1) is 0 Å². The fraction of sp³-hybridized carbons (Fsp3) is 0.333. The van der Waals surface area contributed by atoms with Gasteiger partial charge in [0.2, 0.25) is 0 Å². The predicted molar refractivity (Wildman–Crippen MR) is 43.1 cm³/mol. The molecule has 0 aliphatic rings. The van der Waals surface area contributed by atoms with E-state index in [-0.39, 0.29) is 6.61 Å². The van der Waals surface area contributed by atoms with Crippen LogP contribution in [-0.2, 0) is 13.0 Å². The van der Waals surface area contributed by atoms with Crippen LogP contribution < -0.4 is 0 Å². The van der Waals surface area contributed by atoms with E-state index in [0.29, 0.717) is 5.76 Å². The molecule has 0 aromatic carbocycles. The highest BCUT2D eigenvalue weighted by molar-refractivity contribution is 5.09. The lowest BCUT2D eigenvalue weighted by Crippen LogP contribution is -1.76. The van der Waals surface area contributed by atoms with Crippen LogP contribution in [0.15, 0.2) is 28.7 Å². The summed E-state index contributed by atoms with van der Waals surface area (Å²) in [7, 11) is 0. The predicted octanol–water partition coefficient (Wildman–Crippen LogP) is 1.89. The Labute approximate surface area is 66.2 Å². The van der Waals surface area contributed by atoms with Gasteiger partial charge in [0.05, 0.1) is 0 Å². The third-order valence-corrected chi connectivity index (χ3v) is 1.43. The van der Waals surface area contributed by atoms with Crippen molar-refractivity contribution in [3.63, 3.8) is 0 Å². The summed E-state index contributed by atoms with van der Waals surface area (Å²) in [5.41, 5.74) is 0. The Balaban J connectivity index is 2.58. The van der Waals surface area contributed by atoms with Gasteiger partial charge >= 0.3 is 0 Å². The van der Waals surface area contributed by atoms with Crippen molar-refractivity contribution in [1.29, 1.82) is 0 Å². The average Bonchev–Trinajstić information content (AvgIpc) is 2.48. The van der Waals surface area contributed by atoms with Crippen LogP contribution in [0.5, 0.6) is 0 Å². The number of aliphatic hydroxyl groups is 1. The monoisotopic (exact) mass is 152 g/mol. The maximum atomic E-state index is 8.66. The van der Waals surface area contributed by atoms with Crippen molar-refractivity contribution < 1.29 is 9.52 Å². The quantitative estimate of drug-likeness (QED) is 0.671. The Kier molecular flexibility index (Phi) is 2.93. The molecule has 0 spiro atoms. The lowest BCUT2D eigenvalue weighted by atomic mass is 10.3. The van der Waals surface area contributed by atoms with Crippen molar-refractivity contribution in [3.8, 4) is 0 Å². The van der Waals surface area contributed by atoms with Gasteiger partial charge in [-0.2, -0.15) is 0 Å². The minimum absolute atomic E-state index is 0.0180. The van der Waals surface area contributed by atoms with Gasteiger partial charge in [-0.25, -0.2) is 0 Å². The maximum absolute atomic E-state index is 8.66. The molecule has 0 amide bonds. The number of hydrogen-bond acceptors (Lipinski definition) is 2. The zero-order valence-electron chi connectivity index (χ0n) is 6.58. The fourth-order valence-electron chi connectivity index (χ4n) is 0.851. The molecule has 0 saturated carbocycles. The van der Waals surface area contributed by atoms with E-state index in [9.17, 15) is 0 Å². The Morgan fingerprint density at radius 1 is 1.45 bits per heavy atom. The second-order valence-corrected chi connectivity index (χ2v) is 2.30. The van der Waals surface area contributed by atoms with Crippen LogP contribution in [0, 0.1) is 0 Å². The van der Waals surface area contributed by atoms with Gasteiger partial charge in [0.25, 0.3) is 0 Å². The van der Waals surface area contributed by atoms with E-state index in [1.54, 1.807) is 6.07 Å². The minimum atomic E-state index is -0.0180. The first-order valence-corrected chi connectivity index (χ1v) is 3.66. The number of aliphatic hydroxyl groups excluding tert-OH is 1. The van der Waals surface area contributed by atoms with Crippen molar-refractivity contribution in [1.82, 2.24) is 0 Å². The summed E-state index contributed by atoms with van der Waals surface area (Å²) in [6.07, 6.45) is 4.79. The molecule has 0 saturated heterocycles. The van der Waals surface area contributed by atoms with Crippen LogP contribution in [0.1, 0.15) is 18.4 Å². The van der Waals surface area contributed by atoms with E-state index >= 15 is 0 Å². The molecule has 2 nitrogen and oxygen atoms in total. The number of allylic oxidation sites excluding steroid dienone is 2. The molecule has 0 bridgehead atoms. The van der Waals surface area contributed by atoms with Crippen LogP contribution >= 0.6 is 0 Å². The first-order chi connectivity index (χ1) is 5.36. The molecule has 0 atom stereocenters. The molecular formula is C9H12O2. The summed E-state index contributed by atoms with van der Waals surface area (Å²) in [6, 6.07) is 3.67. The topological polar surface area (TPSA) is 33.4 Å². The first kappa shape index (κ1) is 8.08. The van der Waals surface area contributed by atoms with E-state index in [0.717, 1.165) is 12.2 Å². The van der Waals surface area contributed by atoms with Gasteiger partial charge < -0.3 is 9.52 Å². The van der Waals surface area contributed by atoms with Crippen LogP contribution in [-0.4, -0.2) is 5.11 Å². The lowest BCUT2D eigenvalue weighted by molar-refractivity contribution is 0.244. The van der Waals surface area contributed by atoms with Crippen molar-refractivity contribution >= 4 is 0 Å². The molecule has 1 rings (SSSR count). The largest absolute Gasteiger partial charge is 0.463 e. The molecule has 1 aromatic rings. The van der Waals surface area contributed by atoms with E-state index in [1.165, 1.54) is 0 Å². The molecule has 11 heavy (non-hydrogen) atoms. The zero-order valence-corrected chi connectivity index (χ0v) is 6.58. The fourth-order valence-corrected chi connectivity index (χ4v) is 0.851. The van der Waals surface area contributed by atoms with Crippen LogP contribution in [0.2, 0.25) is 0 Å². The minimum Gasteiger partial charge on any atom is -0.463 e. The highest BCUT2D eigenvalue weighted by Gasteiger charge is 1.97. The summed E-state index contributed by atoms with van der Waals surface area (Å²) in [4.78, 5) is 0. The lowest BCUT2D eigenvalue weighted by Gasteiger charge is -1.88. The molecule has 1 N–H and O–H groups in total. The van der Waals surface area contributed by atoms with Crippen LogP contribution in [0.25, 0.3) is 0 Å². The number of hydrogen-bond donors (Lipinski definition) is 1. The molecule has 0 aliphatic carbocycles. The van der Waals surface area contributed by atoms with Crippen molar-refractivity contribution in [2.45, 2.75) is 20.0 Å². The summed E-state index contributed by atoms with van der Waals surface area (Å²) < 4.78 is 5.23. The Morgan fingerprint density at radius 3 is 2.73 bits per heavy atom. The van der Waals surface area contributed by atoms with Gasteiger partial charge in [-0.3, -0.25) is 0 Å². The molecule has 1 aromatic heterocycles. The summed E-state index contributed by atoms with van der Waals surface area (Å²) in [5.74, 6) is 1.52. The molecular weight excluding hydrogens is 140 g/mol. The molecule has 0 radical (unpaired) electrons. The zero-order chi connectivity index (χ0) is 8.10. The summed E-state index contributed by atoms with van der Waals surface area (Å²) >= 11 is 0. The molecule has 60 valence electrons. The van der Waals surface area contributed by atoms with Crippen molar-refractivity contribution in [2.75, 3.05) is 0 Å². The van der Waals surface area contributed by atoms with Crippen LogP contribution in [0.4, 0.5) is 0 Å². The third-order valence-electron chi connectivity index (χ3n) is 1.43. The van der Waals surface area contributed by atoms with Crippen molar-refractivity contribution in [3.05, 3.63) is 35.8 Å². The Hall–Kier alpha value is -1.02. The second kappa shape index (κ2) is 3.98. The maximum Gasteiger partial charge on any atom is 0.129 e. The second-order valence-electron chi connectivity index (χ2n) is 2.30.